The summed E-state index contributed by atoms with van der Waals surface area (Å²) in [7, 11) is 0. The van der Waals surface area contributed by atoms with Crippen LogP contribution in [-0.4, -0.2) is 15.9 Å². The van der Waals surface area contributed by atoms with E-state index in [1.165, 1.54) is 22.1 Å². The number of hydrogen-bond donors (Lipinski definition) is 0. The Bertz CT molecular complexity index is 1290. The van der Waals surface area contributed by atoms with Gasteiger partial charge in [0.15, 0.2) is 0 Å². The maximum absolute atomic E-state index is 13.2. The third-order valence-electron chi connectivity index (χ3n) is 4.27. The van der Waals surface area contributed by atoms with Gasteiger partial charge < -0.3 is 0 Å². The summed E-state index contributed by atoms with van der Waals surface area (Å²) in [4.78, 5) is 9.00. The molecule has 31 heavy (non-hydrogen) atoms. The van der Waals surface area contributed by atoms with E-state index in [0.29, 0.717) is 26.8 Å². The van der Waals surface area contributed by atoms with Crippen LogP contribution < -0.4 is 4.80 Å². The molecular formula is C22H14ClF3N4S. The molecule has 4 rings (SSSR count). The minimum Gasteiger partial charge on any atom is -0.265 e. The standard InChI is InChI=1S/C22H14ClF3N4S/c23-18-6-1-2-7-19(18)29-21-30(28-13-15-8-10-27-11-9-15)20(14-31-21)16-4-3-5-17(12-16)22(24,25)26/h1-14H. The Morgan fingerprint density at radius 1 is 1.00 bits per heavy atom. The van der Waals surface area contributed by atoms with E-state index in [-0.39, 0.29) is 0 Å². The van der Waals surface area contributed by atoms with E-state index in [1.807, 2.05) is 0 Å². The molecule has 0 radical (unpaired) electrons. The first kappa shape index (κ1) is 21.0. The predicted octanol–water partition coefficient (Wildman–Crippen LogP) is 6.40. The molecule has 0 aliphatic rings. The van der Waals surface area contributed by atoms with Crippen molar-refractivity contribution in [3.05, 3.63) is 99.4 Å². The van der Waals surface area contributed by atoms with E-state index in [2.05, 4.69) is 15.1 Å². The van der Waals surface area contributed by atoms with Gasteiger partial charge in [-0.1, -0.05) is 35.9 Å². The highest BCUT2D eigenvalue weighted by molar-refractivity contribution is 7.07. The third kappa shape index (κ3) is 4.92. The summed E-state index contributed by atoms with van der Waals surface area (Å²) in [5.74, 6) is 0. The molecule has 0 unspecified atom stereocenters. The first-order valence-electron chi connectivity index (χ1n) is 9.03. The molecule has 0 saturated carbocycles. The van der Waals surface area contributed by atoms with Gasteiger partial charge in [0, 0.05) is 23.3 Å². The number of aromatic nitrogens is 2. The lowest BCUT2D eigenvalue weighted by molar-refractivity contribution is -0.137. The molecule has 2 aromatic heterocycles. The predicted molar refractivity (Wildman–Crippen MR) is 117 cm³/mol. The molecule has 4 nitrogen and oxygen atoms in total. The number of hydrogen-bond acceptors (Lipinski definition) is 4. The zero-order valence-corrected chi connectivity index (χ0v) is 17.4. The van der Waals surface area contributed by atoms with Gasteiger partial charge in [-0.2, -0.15) is 18.3 Å². The lowest BCUT2D eigenvalue weighted by atomic mass is 10.1. The quantitative estimate of drug-likeness (QED) is 0.326. The van der Waals surface area contributed by atoms with Gasteiger partial charge in [-0.15, -0.1) is 11.3 Å². The summed E-state index contributed by atoms with van der Waals surface area (Å²) in [6, 6.07) is 15.7. The summed E-state index contributed by atoms with van der Waals surface area (Å²) in [5, 5.41) is 6.66. The monoisotopic (exact) mass is 458 g/mol. The fraction of sp³-hybridized carbons (Fsp3) is 0.0455. The molecule has 2 heterocycles. The maximum Gasteiger partial charge on any atom is 0.416 e. The molecule has 0 aliphatic carbocycles. The largest absolute Gasteiger partial charge is 0.416 e. The van der Waals surface area contributed by atoms with E-state index in [0.717, 1.165) is 17.7 Å². The number of rotatable bonds is 4. The maximum atomic E-state index is 13.2. The van der Waals surface area contributed by atoms with Crippen molar-refractivity contribution in [2.24, 2.45) is 10.1 Å². The van der Waals surface area contributed by atoms with E-state index in [1.54, 1.807) is 66.5 Å². The molecule has 156 valence electrons. The molecular weight excluding hydrogens is 445 g/mol. The van der Waals surface area contributed by atoms with Gasteiger partial charge >= 0.3 is 6.18 Å². The lowest BCUT2D eigenvalue weighted by Gasteiger charge is -2.09. The number of halogens is 4. The van der Waals surface area contributed by atoms with E-state index < -0.39 is 11.7 Å². The van der Waals surface area contributed by atoms with Crippen LogP contribution in [0.4, 0.5) is 18.9 Å². The Morgan fingerprint density at radius 2 is 1.77 bits per heavy atom. The fourth-order valence-electron chi connectivity index (χ4n) is 2.76. The molecule has 0 N–H and O–H groups in total. The molecule has 9 heteroatoms. The molecule has 4 aromatic rings. The number of pyridine rings is 1. The highest BCUT2D eigenvalue weighted by Gasteiger charge is 2.30. The minimum absolute atomic E-state index is 0.374. The molecule has 0 amide bonds. The second kappa shape index (κ2) is 8.87. The Kier molecular flexibility index (Phi) is 6.01. The van der Waals surface area contributed by atoms with Crippen molar-refractivity contribution in [1.82, 2.24) is 9.66 Å². The number of nitrogens with zero attached hydrogens (tertiary/aromatic N) is 4. The van der Waals surface area contributed by atoms with Crippen LogP contribution in [0.25, 0.3) is 11.3 Å². The highest BCUT2D eigenvalue weighted by atomic mass is 35.5. The van der Waals surface area contributed by atoms with Gasteiger partial charge in [0.2, 0.25) is 4.80 Å². The van der Waals surface area contributed by atoms with Crippen LogP contribution in [0.1, 0.15) is 11.1 Å². The van der Waals surface area contributed by atoms with E-state index in [4.69, 9.17) is 11.6 Å². The summed E-state index contributed by atoms with van der Waals surface area (Å²) in [5.41, 5.74) is 1.44. The summed E-state index contributed by atoms with van der Waals surface area (Å²) in [6.07, 6.45) is 0.407. The van der Waals surface area contributed by atoms with Gasteiger partial charge in [-0.05, 0) is 42.0 Å². The molecule has 2 aromatic carbocycles. The van der Waals surface area contributed by atoms with Crippen LogP contribution >= 0.6 is 22.9 Å². The first-order chi connectivity index (χ1) is 14.9. The Morgan fingerprint density at radius 3 is 2.52 bits per heavy atom. The third-order valence-corrected chi connectivity index (χ3v) is 5.40. The number of benzene rings is 2. The van der Waals surface area contributed by atoms with Crippen LogP contribution in [0, 0.1) is 0 Å². The van der Waals surface area contributed by atoms with Crippen LogP contribution in [0.15, 0.2) is 88.5 Å². The van der Waals surface area contributed by atoms with Gasteiger partial charge in [0.25, 0.3) is 0 Å². The number of alkyl halides is 3. The second-order valence-electron chi connectivity index (χ2n) is 6.38. The van der Waals surface area contributed by atoms with Gasteiger partial charge in [-0.25, -0.2) is 9.67 Å². The van der Waals surface area contributed by atoms with Crippen molar-refractivity contribution >= 4 is 34.8 Å². The molecule has 0 bridgehead atoms. The van der Waals surface area contributed by atoms with Gasteiger partial charge in [-0.3, -0.25) is 4.98 Å². The fourth-order valence-corrected chi connectivity index (χ4v) is 3.79. The van der Waals surface area contributed by atoms with Crippen molar-refractivity contribution < 1.29 is 13.2 Å². The average molecular weight is 459 g/mol. The van der Waals surface area contributed by atoms with Crippen molar-refractivity contribution in [2.45, 2.75) is 6.18 Å². The van der Waals surface area contributed by atoms with E-state index in [9.17, 15) is 13.2 Å². The molecule has 0 saturated heterocycles. The molecule has 0 spiro atoms. The summed E-state index contributed by atoms with van der Waals surface area (Å²) < 4.78 is 41.2. The van der Waals surface area contributed by atoms with E-state index >= 15 is 0 Å². The zero-order chi connectivity index (χ0) is 21.8. The second-order valence-corrected chi connectivity index (χ2v) is 7.63. The number of thiazole rings is 1. The topological polar surface area (TPSA) is 42.5 Å². The highest BCUT2D eigenvalue weighted by Crippen LogP contribution is 2.32. The summed E-state index contributed by atoms with van der Waals surface area (Å²) >= 11 is 7.48. The molecule has 0 aliphatic heterocycles. The van der Waals surface area contributed by atoms with Crippen LogP contribution in [0.5, 0.6) is 0 Å². The zero-order valence-electron chi connectivity index (χ0n) is 15.8. The van der Waals surface area contributed by atoms with Crippen molar-refractivity contribution in [2.75, 3.05) is 0 Å². The van der Waals surface area contributed by atoms with Gasteiger partial charge in [0.05, 0.1) is 28.2 Å². The molecule has 0 fully saturated rings. The number of para-hydroxylation sites is 1. The first-order valence-corrected chi connectivity index (χ1v) is 10.3. The lowest BCUT2D eigenvalue weighted by Crippen LogP contribution is -2.12. The van der Waals surface area contributed by atoms with Crippen molar-refractivity contribution in [3.8, 4) is 11.3 Å². The van der Waals surface area contributed by atoms with Crippen LogP contribution in [0.2, 0.25) is 5.02 Å². The SMILES string of the molecule is FC(F)(F)c1cccc(-c2csc(=Nc3ccccc3Cl)n2N=Cc2ccncc2)c1. The van der Waals surface area contributed by atoms with Crippen molar-refractivity contribution in [1.29, 1.82) is 0 Å². The van der Waals surface area contributed by atoms with Crippen LogP contribution in [0.3, 0.4) is 0 Å². The van der Waals surface area contributed by atoms with Crippen LogP contribution in [-0.2, 0) is 6.18 Å². The van der Waals surface area contributed by atoms with Gasteiger partial charge in [0.1, 0.15) is 0 Å². The van der Waals surface area contributed by atoms with Crippen molar-refractivity contribution in [3.63, 3.8) is 0 Å². The summed E-state index contributed by atoms with van der Waals surface area (Å²) in [6.45, 7) is 0. The Balaban J connectivity index is 1.88. The smallest absolute Gasteiger partial charge is 0.265 e. The molecule has 0 atom stereocenters. The normalized spacial score (nSPS) is 12.6. The average Bonchev–Trinajstić information content (AvgIpc) is 3.16. The Hall–Kier alpha value is -3.23. The Labute approximate surface area is 184 Å². The minimum atomic E-state index is -4.44.